The van der Waals surface area contributed by atoms with Crippen molar-refractivity contribution in [3.63, 3.8) is 0 Å². The molecule has 2 N–H and O–H groups in total. The number of benzene rings is 2. The van der Waals surface area contributed by atoms with Crippen molar-refractivity contribution in [2.75, 3.05) is 10.6 Å². The SMILES string of the molecule is CC(=O)Nc1c(C)c(F)c(NCc2ccc(F)cc2)c(F)c1C. The van der Waals surface area contributed by atoms with E-state index in [0.29, 0.717) is 5.56 Å². The number of hydrogen-bond acceptors (Lipinski definition) is 2. The van der Waals surface area contributed by atoms with Crippen LogP contribution in [0.5, 0.6) is 0 Å². The zero-order valence-electron chi connectivity index (χ0n) is 13.1. The average Bonchev–Trinajstić information content (AvgIpc) is 2.51. The maximum atomic E-state index is 14.4. The Labute approximate surface area is 132 Å². The summed E-state index contributed by atoms with van der Waals surface area (Å²) in [5.74, 6) is -2.31. The summed E-state index contributed by atoms with van der Waals surface area (Å²) < 4.78 is 41.7. The topological polar surface area (TPSA) is 41.1 Å². The molecule has 0 bridgehead atoms. The molecular weight excluding hydrogens is 305 g/mol. The number of carbonyl (C=O) groups is 1. The zero-order chi connectivity index (χ0) is 17.1. The molecule has 0 heterocycles. The molecule has 0 radical (unpaired) electrons. The van der Waals surface area contributed by atoms with Gasteiger partial charge in [0.05, 0.1) is 5.69 Å². The van der Waals surface area contributed by atoms with Gasteiger partial charge in [0, 0.05) is 24.6 Å². The van der Waals surface area contributed by atoms with Crippen LogP contribution in [0.1, 0.15) is 23.6 Å². The second-order valence-corrected chi connectivity index (χ2v) is 5.29. The van der Waals surface area contributed by atoms with Crippen LogP contribution in [0, 0.1) is 31.3 Å². The van der Waals surface area contributed by atoms with Gasteiger partial charge in [-0.2, -0.15) is 0 Å². The minimum Gasteiger partial charge on any atom is -0.376 e. The summed E-state index contributed by atoms with van der Waals surface area (Å²) in [6.07, 6.45) is 0. The molecule has 0 atom stereocenters. The summed E-state index contributed by atoms with van der Waals surface area (Å²) in [5.41, 5.74) is 0.867. The van der Waals surface area contributed by atoms with Gasteiger partial charge in [0.2, 0.25) is 5.91 Å². The van der Waals surface area contributed by atoms with Gasteiger partial charge in [0.1, 0.15) is 11.5 Å². The molecule has 0 fully saturated rings. The van der Waals surface area contributed by atoms with Crippen LogP contribution < -0.4 is 10.6 Å². The highest BCUT2D eigenvalue weighted by Crippen LogP contribution is 2.33. The van der Waals surface area contributed by atoms with Gasteiger partial charge >= 0.3 is 0 Å². The fraction of sp³-hybridized carbons (Fsp3) is 0.235. The maximum absolute atomic E-state index is 14.4. The molecule has 0 aromatic heterocycles. The number of nitrogens with one attached hydrogen (secondary N) is 2. The van der Waals surface area contributed by atoms with Crippen molar-refractivity contribution in [3.8, 4) is 0 Å². The lowest BCUT2D eigenvalue weighted by molar-refractivity contribution is -0.114. The van der Waals surface area contributed by atoms with E-state index in [4.69, 9.17) is 0 Å². The van der Waals surface area contributed by atoms with Crippen molar-refractivity contribution in [2.45, 2.75) is 27.3 Å². The second kappa shape index (κ2) is 6.73. The summed E-state index contributed by atoms with van der Waals surface area (Å²) in [6.45, 7) is 4.36. The lowest BCUT2D eigenvalue weighted by Crippen LogP contribution is -2.13. The van der Waals surface area contributed by atoms with Crippen LogP contribution >= 0.6 is 0 Å². The molecule has 0 spiro atoms. The number of halogens is 3. The summed E-state index contributed by atoms with van der Waals surface area (Å²) >= 11 is 0. The Bertz CT molecular complexity index is 713. The molecule has 1 amide bonds. The predicted octanol–water partition coefficient (Wildman–Crippen LogP) is 4.29. The molecule has 0 aliphatic heterocycles. The standard InChI is InChI=1S/C17H17F3N2O/c1-9-14(19)17(15(20)10(2)16(9)22-11(3)23)21-8-12-4-6-13(18)7-5-12/h4-7,21H,8H2,1-3H3,(H,22,23). The van der Waals surface area contributed by atoms with Gasteiger partial charge < -0.3 is 10.6 Å². The van der Waals surface area contributed by atoms with Gasteiger partial charge in [-0.15, -0.1) is 0 Å². The Morgan fingerprint density at radius 3 is 1.96 bits per heavy atom. The third-order valence-corrected chi connectivity index (χ3v) is 3.53. The normalized spacial score (nSPS) is 10.5. The minimum absolute atomic E-state index is 0.139. The van der Waals surface area contributed by atoms with Crippen molar-refractivity contribution < 1.29 is 18.0 Å². The van der Waals surface area contributed by atoms with Crippen molar-refractivity contribution in [1.29, 1.82) is 0 Å². The van der Waals surface area contributed by atoms with Crippen molar-refractivity contribution in [3.05, 3.63) is 58.4 Å². The van der Waals surface area contributed by atoms with E-state index in [9.17, 15) is 18.0 Å². The Hall–Kier alpha value is -2.50. The quantitative estimate of drug-likeness (QED) is 0.881. The Morgan fingerprint density at radius 1 is 0.957 bits per heavy atom. The third-order valence-electron chi connectivity index (χ3n) is 3.53. The second-order valence-electron chi connectivity index (χ2n) is 5.29. The smallest absolute Gasteiger partial charge is 0.221 e. The van der Waals surface area contributed by atoms with E-state index in [-0.39, 0.29) is 34.9 Å². The summed E-state index contributed by atoms with van der Waals surface area (Å²) in [5, 5.41) is 5.14. The molecule has 0 saturated carbocycles. The number of hydrogen-bond donors (Lipinski definition) is 2. The van der Waals surface area contributed by atoms with E-state index in [2.05, 4.69) is 10.6 Å². The molecule has 23 heavy (non-hydrogen) atoms. The molecule has 3 nitrogen and oxygen atoms in total. The first-order chi connectivity index (χ1) is 10.8. The molecule has 6 heteroatoms. The monoisotopic (exact) mass is 322 g/mol. The van der Waals surface area contributed by atoms with E-state index in [1.54, 1.807) is 0 Å². The van der Waals surface area contributed by atoms with Crippen molar-refractivity contribution >= 4 is 17.3 Å². The van der Waals surface area contributed by atoms with E-state index in [1.165, 1.54) is 45.0 Å². The third kappa shape index (κ3) is 3.64. The van der Waals surface area contributed by atoms with Crippen molar-refractivity contribution in [1.82, 2.24) is 0 Å². The van der Waals surface area contributed by atoms with E-state index < -0.39 is 17.5 Å². The Balaban J connectivity index is 2.32. The lowest BCUT2D eigenvalue weighted by Gasteiger charge is -2.17. The first-order valence-corrected chi connectivity index (χ1v) is 7.05. The molecule has 0 aliphatic carbocycles. The minimum atomic E-state index is -0.765. The Kier molecular flexibility index (Phi) is 4.93. The van der Waals surface area contributed by atoms with Gasteiger partial charge in [0.15, 0.2) is 11.6 Å². The highest BCUT2D eigenvalue weighted by molar-refractivity contribution is 5.91. The van der Waals surface area contributed by atoms with Gasteiger partial charge in [-0.1, -0.05) is 12.1 Å². The van der Waals surface area contributed by atoms with Gasteiger partial charge in [-0.3, -0.25) is 4.79 Å². The number of anilines is 2. The van der Waals surface area contributed by atoms with Gasteiger partial charge in [-0.05, 0) is 31.5 Å². The van der Waals surface area contributed by atoms with E-state index in [1.807, 2.05) is 0 Å². The predicted molar refractivity (Wildman–Crippen MR) is 83.9 cm³/mol. The first-order valence-electron chi connectivity index (χ1n) is 7.05. The fourth-order valence-corrected chi connectivity index (χ4v) is 2.28. The molecule has 0 unspecified atom stereocenters. The highest BCUT2D eigenvalue weighted by Gasteiger charge is 2.20. The van der Waals surface area contributed by atoms with Crippen LogP contribution in [0.2, 0.25) is 0 Å². The summed E-state index contributed by atoms with van der Waals surface area (Å²) in [7, 11) is 0. The van der Waals surface area contributed by atoms with Gasteiger partial charge in [0.25, 0.3) is 0 Å². The lowest BCUT2D eigenvalue weighted by atomic mass is 10.0. The number of carbonyl (C=O) groups excluding carboxylic acids is 1. The molecule has 2 aromatic carbocycles. The van der Waals surface area contributed by atoms with E-state index >= 15 is 0 Å². The molecule has 122 valence electrons. The first kappa shape index (κ1) is 16.9. The number of rotatable bonds is 4. The largest absolute Gasteiger partial charge is 0.376 e. The molecule has 2 rings (SSSR count). The van der Waals surface area contributed by atoms with Crippen LogP contribution in [-0.4, -0.2) is 5.91 Å². The van der Waals surface area contributed by atoms with Gasteiger partial charge in [-0.25, -0.2) is 13.2 Å². The average molecular weight is 322 g/mol. The summed E-state index contributed by atoms with van der Waals surface area (Å²) in [6, 6.07) is 5.62. The molecule has 0 saturated heterocycles. The van der Waals surface area contributed by atoms with Crippen LogP contribution in [0.25, 0.3) is 0 Å². The maximum Gasteiger partial charge on any atom is 0.221 e. The summed E-state index contributed by atoms with van der Waals surface area (Å²) in [4.78, 5) is 11.2. The zero-order valence-corrected chi connectivity index (χ0v) is 13.1. The molecule has 0 aliphatic rings. The van der Waals surface area contributed by atoms with E-state index in [0.717, 1.165) is 0 Å². The van der Waals surface area contributed by atoms with Crippen LogP contribution in [0.4, 0.5) is 24.5 Å². The molecular formula is C17H17F3N2O. The highest BCUT2D eigenvalue weighted by atomic mass is 19.1. The Morgan fingerprint density at radius 2 is 1.48 bits per heavy atom. The molecule has 2 aromatic rings. The number of amides is 1. The fourth-order valence-electron chi connectivity index (χ4n) is 2.28. The van der Waals surface area contributed by atoms with Crippen molar-refractivity contribution in [2.24, 2.45) is 0 Å². The van der Waals surface area contributed by atoms with Crippen LogP contribution in [0.15, 0.2) is 24.3 Å². The van der Waals surface area contributed by atoms with Crippen LogP contribution in [-0.2, 0) is 11.3 Å². The van der Waals surface area contributed by atoms with Crippen LogP contribution in [0.3, 0.4) is 0 Å².